The zero-order valence-corrected chi connectivity index (χ0v) is 23.2. The number of ether oxygens (including phenoxy) is 4. The van der Waals surface area contributed by atoms with E-state index in [0.29, 0.717) is 24.7 Å². The van der Waals surface area contributed by atoms with Gasteiger partial charge in [-0.2, -0.15) is 0 Å². The molecule has 0 spiro atoms. The molecule has 0 aromatic heterocycles. The monoisotopic (exact) mass is 608 g/mol. The van der Waals surface area contributed by atoms with Crippen molar-refractivity contribution in [2.24, 2.45) is 0 Å². The summed E-state index contributed by atoms with van der Waals surface area (Å²) < 4.78 is 26.1. The molecule has 0 aliphatic rings. The Hall–Kier alpha value is -3.22. The van der Waals surface area contributed by atoms with Gasteiger partial charge in [0.2, 0.25) is 0 Å². The molecule has 4 aromatic carbocycles. The van der Waals surface area contributed by atoms with Crippen molar-refractivity contribution in [1.29, 1.82) is 0 Å². The maximum atomic E-state index is 6.08. The van der Waals surface area contributed by atoms with Gasteiger partial charge in [-0.1, -0.05) is 31.9 Å². The fourth-order valence-electron chi connectivity index (χ4n) is 3.47. The summed E-state index contributed by atoms with van der Waals surface area (Å²) in [4.78, 5) is 0. The van der Waals surface area contributed by atoms with Gasteiger partial charge in [0.15, 0.2) is 11.5 Å². The molecule has 0 amide bonds. The summed E-state index contributed by atoms with van der Waals surface area (Å²) in [5.74, 6) is 4.37. The largest absolute Gasteiger partial charge is 0.489 e. The van der Waals surface area contributed by atoms with E-state index in [0.717, 1.165) is 43.1 Å². The first-order valence-corrected chi connectivity index (χ1v) is 13.2. The molecular weight excluding hydrogens is 584 g/mol. The summed E-state index contributed by atoms with van der Waals surface area (Å²) in [6, 6.07) is 31.1. The number of rotatable bonds is 10. The van der Waals surface area contributed by atoms with E-state index in [2.05, 4.69) is 31.9 Å². The van der Waals surface area contributed by atoms with E-state index in [-0.39, 0.29) is 0 Å². The molecule has 4 aromatic rings. The van der Waals surface area contributed by atoms with Crippen molar-refractivity contribution in [3.05, 3.63) is 117 Å². The van der Waals surface area contributed by atoms with Crippen LogP contribution in [0.4, 0.5) is 0 Å². The van der Waals surface area contributed by atoms with Gasteiger partial charge >= 0.3 is 0 Å². The third-order valence-electron chi connectivity index (χ3n) is 5.12. The van der Waals surface area contributed by atoms with Gasteiger partial charge < -0.3 is 18.9 Å². The van der Waals surface area contributed by atoms with Crippen molar-refractivity contribution in [2.45, 2.75) is 13.8 Å². The van der Waals surface area contributed by atoms with Crippen LogP contribution in [0.15, 0.2) is 106 Å². The highest BCUT2D eigenvalue weighted by molar-refractivity contribution is 9.10. The van der Waals surface area contributed by atoms with E-state index in [4.69, 9.17) is 18.9 Å². The minimum absolute atomic E-state index is 0.508. The molecule has 0 atom stereocenters. The molecule has 4 nitrogen and oxygen atoms in total. The van der Waals surface area contributed by atoms with Crippen LogP contribution in [-0.4, -0.2) is 13.2 Å². The SMILES string of the molecule is CCO/C(=C(/OCC)c1ccc(Oc2ccc(Br)cc2)cc1)c1ccc(Oc2ccc(Br)cc2)cc1. The lowest BCUT2D eigenvalue weighted by atomic mass is 10.1. The lowest BCUT2D eigenvalue weighted by molar-refractivity contribution is 0.261. The average Bonchev–Trinajstić information content (AvgIpc) is 2.90. The Morgan fingerprint density at radius 3 is 1.03 bits per heavy atom. The van der Waals surface area contributed by atoms with Crippen molar-refractivity contribution in [3.63, 3.8) is 0 Å². The van der Waals surface area contributed by atoms with Gasteiger partial charge in [-0.3, -0.25) is 0 Å². The third kappa shape index (κ3) is 6.93. The number of benzene rings is 4. The smallest absolute Gasteiger partial charge is 0.168 e. The Balaban J connectivity index is 1.59. The summed E-state index contributed by atoms with van der Waals surface area (Å²) in [7, 11) is 0. The highest BCUT2D eigenvalue weighted by Crippen LogP contribution is 2.32. The molecule has 0 bridgehead atoms. The van der Waals surface area contributed by atoms with Crippen LogP contribution in [0.1, 0.15) is 25.0 Å². The molecule has 0 aliphatic heterocycles. The molecule has 36 heavy (non-hydrogen) atoms. The Morgan fingerprint density at radius 2 is 0.750 bits per heavy atom. The van der Waals surface area contributed by atoms with Crippen LogP contribution >= 0.6 is 31.9 Å². The predicted octanol–water partition coefficient (Wildman–Crippen LogP) is 9.69. The summed E-state index contributed by atoms with van der Waals surface area (Å²) in [5.41, 5.74) is 1.80. The van der Waals surface area contributed by atoms with Crippen molar-refractivity contribution in [1.82, 2.24) is 0 Å². The summed E-state index contributed by atoms with van der Waals surface area (Å²) in [5, 5.41) is 0. The quantitative estimate of drug-likeness (QED) is 0.132. The molecule has 0 N–H and O–H groups in total. The summed E-state index contributed by atoms with van der Waals surface area (Å²) in [6.45, 7) is 4.94. The highest BCUT2D eigenvalue weighted by atomic mass is 79.9. The first kappa shape index (κ1) is 25.9. The Bertz CT molecular complexity index is 1180. The van der Waals surface area contributed by atoms with E-state index in [1.165, 1.54) is 0 Å². The molecule has 0 radical (unpaired) electrons. The first-order valence-electron chi connectivity index (χ1n) is 11.6. The van der Waals surface area contributed by atoms with Crippen LogP contribution < -0.4 is 9.47 Å². The van der Waals surface area contributed by atoms with E-state index in [1.807, 2.05) is 111 Å². The maximum absolute atomic E-state index is 6.08. The van der Waals surface area contributed by atoms with Crippen molar-refractivity contribution in [2.75, 3.05) is 13.2 Å². The van der Waals surface area contributed by atoms with E-state index < -0.39 is 0 Å². The zero-order chi connectivity index (χ0) is 25.3. The third-order valence-corrected chi connectivity index (χ3v) is 6.17. The van der Waals surface area contributed by atoms with Gasteiger partial charge in [-0.15, -0.1) is 0 Å². The number of hydrogen-bond donors (Lipinski definition) is 0. The van der Waals surface area contributed by atoms with Crippen molar-refractivity contribution >= 4 is 43.4 Å². The molecule has 0 saturated heterocycles. The Kier molecular flexibility index (Phi) is 9.09. The molecule has 6 heteroatoms. The van der Waals surface area contributed by atoms with Gasteiger partial charge in [0.05, 0.1) is 13.2 Å². The first-order chi connectivity index (χ1) is 17.6. The predicted molar refractivity (Wildman–Crippen MR) is 151 cm³/mol. The van der Waals surface area contributed by atoms with Crippen LogP contribution in [0.5, 0.6) is 23.0 Å². The molecule has 184 valence electrons. The minimum atomic E-state index is 0.508. The maximum Gasteiger partial charge on any atom is 0.168 e. The minimum Gasteiger partial charge on any atom is -0.489 e. The van der Waals surface area contributed by atoms with E-state index in [1.54, 1.807) is 0 Å². The van der Waals surface area contributed by atoms with Gasteiger partial charge in [-0.25, -0.2) is 0 Å². The standard InChI is InChI=1S/C30H26Br2O4/c1-3-33-29(21-5-13-25(14-6-21)35-27-17-9-23(31)10-18-27)30(34-4-2)22-7-15-26(16-8-22)36-28-19-11-24(32)12-20-28/h5-20H,3-4H2,1-2H3/b30-29+. The highest BCUT2D eigenvalue weighted by Gasteiger charge is 2.16. The molecule has 0 heterocycles. The Morgan fingerprint density at radius 1 is 0.472 bits per heavy atom. The fourth-order valence-corrected chi connectivity index (χ4v) is 4.00. The topological polar surface area (TPSA) is 36.9 Å². The summed E-state index contributed by atoms with van der Waals surface area (Å²) >= 11 is 6.88. The second kappa shape index (κ2) is 12.7. The average molecular weight is 610 g/mol. The van der Waals surface area contributed by atoms with Gasteiger partial charge in [-0.05, 0) is 111 Å². The normalized spacial score (nSPS) is 11.4. The fraction of sp³-hybridized carbons (Fsp3) is 0.133. The van der Waals surface area contributed by atoms with E-state index >= 15 is 0 Å². The molecule has 0 saturated carbocycles. The molecule has 4 rings (SSSR count). The molecule has 0 aliphatic carbocycles. The molecular formula is C30H26Br2O4. The molecule has 0 unspecified atom stereocenters. The second-order valence-electron chi connectivity index (χ2n) is 7.68. The molecule has 0 fully saturated rings. The van der Waals surface area contributed by atoms with Crippen LogP contribution in [-0.2, 0) is 9.47 Å². The van der Waals surface area contributed by atoms with Crippen LogP contribution in [0.25, 0.3) is 11.5 Å². The number of hydrogen-bond acceptors (Lipinski definition) is 4. The number of halogens is 2. The van der Waals surface area contributed by atoms with Crippen LogP contribution in [0, 0.1) is 0 Å². The van der Waals surface area contributed by atoms with E-state index in [9.17, 15) is 0 Å². The lowest BCUT2D eigenvalue weighted by Crippen LogP contribution is -2.01. The van der Waals surface area contributed by atoms with Crippen LogP contribution in [0.3, 0.4) is 0 Å². The Labute approximate surface area is 228 Å². The van der Waals surface area contributed by atoms with Gasteiger partial charge in [0.1, 0.15) is 23.0 Å². The summed E-state index contributed by atoms with van der Waals surface area (Å²) in [6.07, 6.45) is 0. The lowest BCUT2D eigenvalue weighted by Gasteiger charge is -2.17. The van der Waals surface area contributed by atoms with Crippen LogP contribution in [0.2, 0.25) is 0 Å². The van der Waals surface area contributed by atoms with Crippen molar-refractivity contribution in [3.8, 4) is 23.0 Å². The van der Waals surface area contributed by atoms with Crippen molar-refractivity contribution < 1.29 is 18.9 Å². The second-order valence-corrected chi connectivity index (χ2v) is 9.52. The van der Waals surface area contributed by atoms with Gasteiger partial charge in [0.25, 0.3) is 0 Å². The van der Waals surface area contributed by atoms with Gasteiger partial charge in [0, 0.05) is 20.1 Å². The zero-order valence-electron chi connectivity index (χ0n) is 20.0.